The first kappa shape index (κ1) is 26.2. The highest BCUT2D eigenvalue weighted by Crippen LogP contribution is 2.37. The van der Waals surface area contributed by atoms with Crippen LogP contribution >= 0.6 is 11.3 Å². The van der Waals surface area contributed by atoms with Gasteiger partial charge in [0, 0.05) is 22.8 Å². The lowest BCUT2D eigenvalue weighted by atomic mass is 10.1. The molecule has 0 fully saturated rings. The third kappa shape index (κ3) is 5.41. The molecular weight excluding hydrogens is 532 g/mol. The number of nitriles is 1. The molecule has 5 rings (SSSR count). The number of hydrogen-bond donors (Lipinski definition) is 0. The maximum atomic E-state index is 14.1. The van der Waals surface area contributed by atoms with Crippen LogP contribution in [0.5, 0.6) is 0 Å². The molecule has 3 aromatic carbocycles. The van der Waals surface area contributed by atoms with Gasteiger partial charge in [0.2, 0.25) is 0 Å². The first-order valence-corrected chi connectivity index (χ1v) is 14.4. The van der Waals surface area contributed by atoms with Crippen molar-refractivity contribution in [3.63, 3.8) is 0 Å². The molecule has 0 bridgehead atoms. The van der Waals surface area contributed by atoms with E-state index < -0.39 is 16.0 Å². The fourth-order valence-corrected chi connectivity index (χ4v) is 6.69. The normalized spacial score (nSPS) is 11.3. The summed E-state index contributed by atoms with van der Waals surface area (Å²) < 4.78 is 37.3. The standard InChI is InChI=1S/C29H24N4O4S2/c1-2-37-29(34)28-15-25-26(9-6-10-27(25)38-28)33(39(35,36)24-7-4-3-5-8-24)19-23-17-31-20-32(23)18-22-13-11-21(16-30)12-14-22/h3-15,17,20H,2,18-19H2,1H3. The molecule has 0 aliphatic carbocycles. The van der Waals surface area contributed by atoms with Crippen molar-refractivity contribution in [1.82, 2.24) is 9.55 Å². The fraction of sp³-hybridized carbons (Fsp3) is 0.138. The van der Waals surface area contributed by atoms with Gasteiger partial charge >= 0.3 is 5.97 Å². The average Bonchev–Trinajstić information content (AvgIpc) is 3.59. The summed E-state index contributed by atoms with van der Waals surface area (Å²) in [6.45, 7) is 2.46. The molecule has 0 atom stereocenters. The number of hydrogen-bond acceptors (Lipinski definition) is 7. The second-order valence-corrected chi connectivity index (χ2v) is 11.6. The van der Waals surface area contributed by atoms with Crippen molar-refractivity contribution in [1.29, 1.82) is 5.26 Å². The molecule has 0 unspecified atom stereocenters. The van der Waals surface area contributed by atoms with Crippen LogP contribution in [0, 0.1) is 11.3 Å². The molecule has 196 valence electrons. The molecule has 0 aliphatic heterocycles. The number of carbonyl (C=O) groups excluding carboxylic acids is 1. The molecule has 2 aromatic heterocycles. The summed E-state index contributed by atoms with van der Waals surface area (Å²) >= 11 is 1.26. The second-order valence-electron chi connectivity index (χ2n) is 8.67. The number of esters is 1. The number of rotatable bonds is 9. The summed E-state index contributed by atoms with van der Waals surface area (Å²) in [4.78, 5) is 17.3. The summed E-state index contributed by atoms with van der Waals surface area (Å²) in [5.41, 5.74) is 2.64. The highest BCUT2D eigenvalue weighted by molar-refractivity contribution is 7.92. The van der Waals surface area contributed by atoms with E-state index in [1.165, 1.54) is 15.6 Å². The summed E-state index contributed by atoms with van der Waals surface area (Å²) in [7, 11) is -4.00. The van der Waals surface area contributed by atoms with Gasteiger partial charge in [-0.2, -0.15) is 5.26 Å². The zero-order valence-electron chi connectivity index (χ0n) is 21.0. The van der Waals surface area contributed by atoms with Crippen LogP contribution < -0.4 is 4.31 Å². The lowest BCUT2D eigenvalue weighted by Crippen LogP contribution is -2.31. The van der Waals surface area contributed by atoms with Crippen molar-refractivity contribution in [3.05, 3.63) is 113 Å². The Morgan fingerprint density at radius 1 is 1.08 bits per heavy atom. The van der Waals surface area contributed by atoms with E-state index >= 15 is 0 Å². The summed E-state index contributed by atoms with van der Waals surface area (Å²) in [6, 6.07) is 24.7. The maximum Gasteiger partial charge on any atom is 0.348 e. The van der Waals surface area contributed by atoms with Gasteiger partial charge in [-0.3, -0.25) is 4.31 Å². The monoisotopic (exact) mass is 556 g/mol. The van der Waals surface area contributed by atoms with E-state index in [1.54, 1.807) is 80.1 Å². The Kier molecular flexibility index (Phi) is 7.45. The van der Waals surface area contributed by atoms with E-state index in [9.17, 15) is 13.2 Å². The maximum absolute atomic E-state index is 14.1. The predicted molar refractivity (Wildman–Crippen MR) is 150 cm³/mol. The highest BCUT2D eigenvalue weighted by Gasteiger charge is 2.28. The number of nitrogens with zero attached hydrogens (tertiary/aromatic N) is 4. The van der Waals surface area contributed by atoms with Gasteiger partial charge in [-0.05, 0) is 55.0 Å². The quantitative estimate of drug-likeness (QED) is 0.219. The molecule has 0 saturated heterocycles. The number of anilines is 1. The minimum atomic E-state index is -4.00. The van der Waals surface area contributed by atoms with Crippen LogP contribution in [0.2, 0.25) is 0 Å². The summed E-state index contributed by atoms with van der Waals surface area (Å²) in [5, 5.41) is 9.73. The van der Waals surface area contributed by atoms with Crippen LogP contribution in [0.25, 0.3) is 10.1 Å². The Morgan fingerprint density at radius 3 is 2.56 bits per heavy atom. The van der Waals surface area contributed by atoms with E-state index in [1.807, 2.05) is 22.8 Å². The van der Waals surface area contributed by atoms with Crippen LogP contribution in [0.4, 0.5) is 5.69 Å². The van der Waals surface area contributed by atoms with E-state index in [2.05, 4.69) is 11.1 Å². The molecule has 2 heterocycles. The van der Waals surface area contributed by atoms with Crippen LogP contribution in [0.15, 0.2) is 96.3 Å². The van der Waals surface area contributed by atoms with Gasteiger partial charge in [-0.1, -0.05) is 36.4 Å². The van der Waals surface area contributed by atoms with Gasteiger partial charge in [-0.25, -0.2) is 18.2 Å². The largest absolute Gasteiger partial charge is 0.462 e. The molecule has 0 amide bonds. The predicted octanol–water partition coefficient (Wildman–Crippen LogP) is 5.59. The number of sulfonamides is 1. The first-order chi connectivity index (χ1) is 18.9. The molecule has 0 aliphatic rings. The Labute approximate surface area is 230 Å². The molecule has 5 aromatic rings. The molecule has 0 radical (unpaired) electrons. The molecule has 10 heteroatoms. The minimum absolute atomic E-state index is 0.0111. The second kappa shape index (κ2) is 11.1. The fourth-order valence-electron chi connectivity index (χ4n) is 4.24. The van der Waals surface area contributed by atoms with Gasteiger partial charge in [0.15, 0.2) is 0 Å². The van der Waals surface area contributed by atoms with Crippen molar-refractivity contribution in [2.75, 3.05) is 10.9 Å². The van der Waals surface area contributed by atoms with Crippen molar-refractivity contribution in [2.45, 2.75) is 24.9 Å². The average molecular weight is 557 g/mol. The number of carbonyl (C=O) groups is 1. The highest BCUT2D eigenvalue weighted by atomic mass is 32.2. The third-order valence-electron chi connectivity index (χ3n) is 6.16. The van der Waals surface area contributed by atoms with E-state index in [4.69, 9.17) is 10.00 Å². The Bertz CT molecular complexity index is 1770. The number of imidazole rings is 1. The van der Waals surface area contributed by atoms with E-state index in [-0.39, 0.29) is 18.0 Å². The van der Waals surface area contributed by atoms with Crippen molar-refractivity contribution >= 4 is 43.1 Å². The summed E-state index contributed by atoms with van der Waals surface area (Å²) in [5.74, 6) is -0.442. The van der Waals surface area contributed by atoms with E-state index in [0.717, 1.165) is 10.3 Å². The molecule has 0 N–H and O–H groups in total. The van der Waals surface area contributed by atoms with Crippen molar-refractivity contribution in [3.8, 4) is 6.07 Å². The lowest BCUT2D eigenvalue weighted by Gasteiger charge is -2.26. The smallest absolute Gasteiger partial charge is 0.348 e. The minimum Gasteiger partial charge on any atom is -0.462 e. The van der Waals surface area contributed by atoms with Gasteiger partial charge < -0.3 is 9.30 Å². The van der Waals surface area contributed by atoms with Crippen molar-refractivity contribution < 1.29 is 17.9 Å². The van der Waals surface area contributed by atoms with Gasteiger partial charge in [0.25, 0.3) is 10.0 Å². The number of benzene rings is 3. The van der Waals surface area contributed by atoms with Crippen molar-refractivity contribution in [2.24, 2.45) is 0 Å². The molecular formula is C29H24N4O4S2. The van der Waals surface area contributed by atoms with E-state index in [0.29, 0.717) is 33.8 Å². The zero-order valence-corrected chi connectivity index (χ0v) is 22.7. The Morgan fingerprint density at radius 2 is 1.85 bits per heavy atom. The zero-order chi connectivity index (χ0) is 27.4. The lowest BCUT2D eigenvalue weighted by molar-refractivity contribution is 0.0532. The molecule has 0 spiro atoms. The Hall–Kier alpha value is -4.46. The third-order valence-corrected chi connectivity index (χ3v) is 9.01. The number of aromatic nitrogens is 2. The summed E-state index contributed by atoms with van der Waals surface area (Å²) in [6.07, 6.45) is 3.31. The van der Waals surface area contributed by atoms with Crippen LogP contribution in [-0.4, -0.2) is 30.5 Å². The molecule has 8 nitrogen and oxygen atoms in total. The van der Waals surface area contributed by atoms with Gasteiger partial charge in [0.05, 0.1) is 47.4 Å². The SMILES string of the molecule is CCOC(=O)c1cc2c(N(Cc3cncn3Cc3ccc(C#N)cc3)S(=O)(=O)c3ccccc3)cccc2s1. The molecule has 39 heavy (non-hydrogen) atoms. The van der Waals surface area contributed by atoms with Crippen LogP contribution in [0.3, 0.4) is 0 Å². The van der Waals surface area contributed by atoms with Gasteiger partial charge in [0.1, 0.15) is 4.88 Å². The number of ether oxygens (including phenoxy) is 1. The topological polar surface area (TPSA) is 105 Å². The van der Waals surface area contributed by atoms with Gasteiger partial charge in [-0.15, -0.1) is 11.3 Å². The van der Waals surface area contributed by atoms with Crippen LogP contribution in [0.1, 0.15) is 33.4 Å². The molecule has 0 saturated carbocycles. The Balaban J connectivity index is 1.58. The first-order valence-electron chi connectivity index (χ1n) is 12.2. The number of thiophene rings is 1. The van der Waals surface area contributed by atoms with Crippen LogP contribution in [-0.2, 0) is 27.8 Å². The number of fused-ring (bicyclic) bond motifs is 1.